The van der Waals surface area contributed by atoms with Crippen molar-refractivity contribution < 1.29 is 18.0 Å². The highest BCUT2D eigenvalue weighted by molar-refractivity contribution is 5.98. The van der Waals surface area contributed by atoms with E-state index in [0.29, 0.717) is 24.3 Å². The number of hydrogen-bond acceptors (Lipinski definition) is 4. The zero-order valence-electron chi connectivity index (χ0n) is 18.0. The van der Waals surface area contributed by atoms with E-state index < -0.39 is 13.1 Å². The molecule has 172 valence electrons. The van der Waals surface area contributed by atoms with Gasteiger partial charge in [-0.1, -0.05) is 6.92 Å². The largest absolute Gasteiger partial charge is 0.345 e. The van der Waals surface area contributed by atoms with E-state index in [-0.39, 0.29) is 35.8 Å². The SMILES string of the molecule is C[C@@H]1CCN(C(=O)c2ccc3c(ccn3CCF)c2)C[C@H]1c1cc(C(F)F)nc2ncnn12. The molecule has 2 atom stereocenters. The summed E-state index contributed by atoms with van der Waals surface area (Å²) in [6, 6.07) is 8.65. The third-order valence-corrected chi connectivity index (χ3v) is 6.49. The van der Waals surface area contributed by atoms with Crippen molar-refractivity contribution in [3.63, 3.8) is 0 Å². The maximum Gasteiger partial charge on any atom is 0.280 e. The Kier molecular flexibility index (Phi) is 5.51. The fourth-order valence-corrected chi connectivity index (χ4v) is 4.67. The Labute approximate surface area is 187 Å². The van der Waals surface area contributed by atoms with Gasteiger partial charge >= 0.3 is 0 Å². The number of piperidine rings is 1. The lowest BCUT2D eigenvalue weighted by Gasteiger charge is -2.37. The molecule has 0 radical (unpaired) electrons. The zero-order chi connectivity index (χ0) is 23.1. The number of hydrogen-bond donors (Lipinski definition) is 0. The number of nitrogens with zero attached hydrogens (tertiary/aromatic N) is 6. The van der Waals surface area contributed by atoms with Gasteiger partial charge < -0.3 is 9.47 Å². The number of rotatable bonds is 5. The van der Waals surface area contributed by atoms with Crippen molar-refractivity contribution >= 4 is 22.6 Å². The molecule has 1 aromatic carbocycles. The first kappa shape index (κ1) is 21.4. The van der Waals surface area contributed by atoms with Crippen molar-refractivity contribution in [2.75, 3.05) is 19.8 Å². The standard InChI is InChI=1S/C23H23F3N6O/c1-14-4-7-31(22(33)16-2-3-19-15(10-16)5-8-30(19)9-6-24)12-17(14)20-11-18(21(25)26)29-23-27-13-28-32(20)23/h2-3,5,8,10-11,13-14,17,21H,4,6-7,9,12H2,1H3/t14-,17-/m1/s1. The Bertz CT molecular complexity index is 1320. The molecule has 0 N–H and O–H groups in total. The van der Waals surface area contributed by atoms with Crippen LogP contribution in [0.15, 0.2) is 42.9 Å². The van der Waals surface area contributed by atoms with Crippen LogP contribution in [0.25, 0.3) is 16.7 Å². The molecule has 1 aliphatic rings. The minimum Gasteiger partial charge on any atom is -0.345 e. The minimum atomic E-state index is -2.72. The number of amides is 1. The molecule has 33 heavy (non-hydrogen) atoms. The maximum absolute atomic E-state index is 13.4. The van der Waals surface area contributed by atoms with E-state index in [4.69, 9.17) is 0 Å². The summed E-state index contributed by atoms with van der Waals surface area (Å²) in [5.41, 5.74) is 1.66. The van der Waals surface area contributed by atoms with Crippen LogP contribution >= 0.6 is 0 Å². The van der Waals surface area contributed by atoms with Gasteiger partial charge in [0, 0.05) is 41.7 Å². The first-order valence-electron chi connectivity index (χ1n) is 10.9. The van der Waals surface area contributed by atoms with Crippen molar-refractivity contribution in [3.05, 3.63) is 59.8 Å². The summed E-state index contributed by atoms with van der Waals surface area (Å²) in [6.45, 7) is 2.82. The quantitative estimate of drug-likeness (QED) is 0.450. The summed E-state index contributed by atoms with van der Waals surface area (Å²) in [4.78, 5) is 23.0. The lowest BCUT2D eigenvalue weighted by atomic mass is 9.84. The number of aromatic nitrogens is 5. The molecule has 5 rings (SSSR count). The third-order valence-electron chi connectivity index (χ3n) is 6.49. The van der Waals surface area contributed by atoms with Gasteiger partial charge in [0.15, 0.2) is 0 Å². The molecular weight excluding hydrogens is 433 g/mol. The van der Waals surface area contributed by atoms with E-state index in [1.165, 1.54) is 16.9 Å². The van der Waals surface area contributed by atoms with Gasteiger partial charge in [-0.05, 0) is 42.7 Å². The Morgan fingerprint density at radius 2 is 2.09 bits per heavy atom. The van der Waals surface area contributed by atoms with Crippen LogP contribution in [0.1, 0.15) is 47.4 Å². The third kappa shape index (κ3) is 3.83. The second-order valence-electron chi connectivity index (χ2n) is 8.47. The predicted octanol–water partition coefficient (Wildman–Crippen LogP) is 4.25. The van der Waals surface area contributed by atoms with E-state index in [9.17, 15) is 18.0 Å². The minimum absolute atomic E-state index is 0.120. The highest BCUT2D eigenvalue weighted by atomic mass is 19.3. The van der Waals surface area contributed by atoms with Crippen LogP contribution in [0.3, 0.4) is 0 Å². The van der Waals surface area contributed by atoms with Gasteiger partial charge in [-0.15, -0.1) is 0 Å². The number of alkyl halides is 3. The highest BCUT2D eigenvalue weighted by Crippen LogP contribution is 2.34. The molecule has 4 aromatic rings. The molecule has 1 aliphatic heterocycles. The van der Waals surface area contributed by atoms with Crippen LogP contribution in [0.5, 0.6) is 0 Å². The number of halogens is 3. The topological polar surface area (TPSA) is 68.3 Å². The molecule has 1 amide bonds. The van der Waals surface area contributed by atoms with E-state index in [1.54, 1.807) is 11.0 Å². The van der Waals surface area contributed by atoms with Crippen LogP contribution in [0.2, 0.25) is 0 Å². The van der Waals surface area contributed by atoms with Gasteiger partial charge in [0.1, 0.15) is 18.7 Å². The van der Waals surface area contributed by atoms with Crippen LogP contribution in [0.4, 0.5) is 13.2 Å². The molecule has 3 aromatic heterocycles. The van der Waals surface area contributed by atoms with Crippen molar-refractivity contribution in [3.8, 4) is 0 Å². The van der Waals surface area contributed by atoms with Crippen LogP contribution < -0.4 is 0 Å². The number of carbonyl (C=O) groups is 1. The smallest absolute Gasteiger partial charge is 0.280 e. The average molecular weight is 456 g/mol. The van der Waals surface area contributed by atoms with Crippen molar-refractivity contribution in [2.45, 2.75) is 32.2 Å². The summed E-state index contributed by atoms with van der Waals surface area (Å²) in [7, 11) is 0. The second-order valence-corrected chi connectivity index (χ2v) is 8.47. The van der Waals surface area contributed by atoms with Crippen LogP contribution in [-0.2, 0) is 6.54 Å². The fraction of sp³-hybridized carbons (Fsp3) is 0.391. The molecule has 1 saturated heterocycles. The summed E-state index contributed by atoms with van der Waals surface area (Å²) in [5.74, 6) is -0.0277. The van der Waals surface area contributed by atoms with Crippen LogP contribution in [-0.4, -0.2) is 54.7 Å². The van der Waals surface area contributed by atoms with Gasteiger partial charge in [0.05, 0.1) is 12.2 Å². The molecule has 4 heterocycles. The Hall–Kier alpha value is -3.43. The summed E-state index contributed by atoms with van der Waals surface area (Å²) in [6.07, 6.45) is 1.11. The normalized spacial score (nSPS) is 19.1. The lowest BCUT2D eigenvalue weighted by Crippen LogP contribution is -2.42. The maximum atomic E-state index is 13.4. The van der Waals surface area contributed by atoms with E-state index in [0.717, 1.165) is 17.3 Å². The summed E-state index contributed by atoms with van der Waals surface area (Å²) in [5, 5.41) is 5.05. The summed E-state index contributed by atoms with van der Waals surface area (Å²) >= 11 is 0. The van der Waals surface area contributed by atoms with Gasteiger partial charge in [0.2, 0.25) is 0 Å². The molecule has 0 unspecified atom stereocenters. The molecule has 0 saturated carbocycles. The number of benzene rings is 1. The molecule has 0 aliphatic carbocycles. The van der Waals surface area contributed by atoms with Crippen LogP contribution in [0, 0.1) is 5.92 Å². The van der Waals surface area contributed by atoms with Crippen molar-refractivity contribution in [1.82, 2.24) is 29.0 Å². The molecule has 0 spiro atoms. The number of carbonyl (C=O) groups excluding carboxylic acids is 1. The number of aryl methyl sites for hydroxylation is 1. The molecule has 7 nitrogen and oxygen atoms in total. The Balaban J connectivity index is 1.45. The summed E-state index contributed by atoms with van der Waals surface area (Å²) < 4.78 is 42.9. The number of likely N-dealkylation sites (tertiary alicyclic amines) is 1. The van der Waals surface area contributed by atoms with Gasteiger partial charge in [-0.3, -0.25) is 4.79 Å². The lowest BCUT2D eigenvalue weighted by molar-refractivity contribution is 0.0665. The van der Waals surface area contributed by atoms with E-state index in [1.807, 2.05) is 29.0 Å². The average Bonchev–Trinajstić information content (AvgIpc) is 3.45. The highest BCUT2D eigenvalue weighted by Gasteiger charge is 2.33. The molecule has 10 heteroatoms. The number of fused-ring (bicyclic) bond motifs is 2. The Morgan fingerprint density at radius 3 is 2.88 bits per heavy atom. The van der Waals surface area contributed by atoms with E-state index >= 15 is 0 Å². The molecular formula is C23H23F3N6O. The zero-order valence-corrected chi connectivity index (χ0v) is 18.0. The first-order chi connectivity index (χ1) is 16.0. The van der Waals surface area contributed by atoms with Gasteiger partial charge in [-0.25, -0.2) is 22.7 Å². The molecule has 0 bridgehead atoms. The Morgan fingerprint density at radius 1 is 1.24 bits per heavy atom. The fourth-order valence-electron chi connectivity index (χ4n) is 4.67. The van der Waals surface area contributed by atoms with Gasteiger partial charge in [0.25, 0.3) is 18.1 Å². The molecule has 1 fully saturated rings. The first-order valence-corrected chi connectivity index (χ1v) is 10.9. The second kappa shape index (κ2) is 8.49. The predicted molar refractivity (Wildman–Crippen MR) is 116 cm³/mol. The van der Waals surface area contributed by atoms with Crippen molar-refractivity contribution in [2.24, 2.45) is 5.92 Å². The van der Waals surface area contributed by atoms with Crippen molar-refractivity contribution in [1.29, 1.82) is 0 Å². The van der Waals surface area contributed by atoms with Gasteiger partial charge in [-0.2, -0.15) is 10.1 Å². The monoisotopic (exact) mass is 456 g/mol. The van der Waals surface area contributed by atoms with E-state index in [2.05, 4.69) is 22.0 Å².